The summed E-state index contributed by atoms with van der Waals surface area (Å²) < 4.78 is 23.7. The fraction of sp³-hybridized carbons (Fsp3) is 0.638. The molecule has 0 amide bonds. The Morgan fingerprint density at radius 2 is 0.869 bits per heavy atom. The van der Waals surface area contributed by atoms with Crippen LogP contribution < -0.4 is 11.5 Å². The van der Waals surface area contributed by atoms with E-state index in [1.165, 1.54) is 69.6 Å². The molecule has 0 heterocycles. The Kier molecular flexibility index (Phi) is 33.8. The van der Waals surface area contributed by atoms with Crippen LogP contribution in [0.1, 0.15) is 172 Å². The summed E-state index contributed by atoms with van der Waals surface area (Å²) in [5.41, 5.74) is 16.8. The molecule has 0 bridgehead atoms. The average molecular weight is 1520 g/mol. The summed E-state index contributed by atoms with van der Waals surface area (Å²) in [6, 6.07) is 4.26. The number of hydrogen-bond donors (Lipinski definition) is 2. The van der Waals surface area contributed by atoms with Gasteiger partial charge in [-0.15, -0.1) is 0 Å². The molecule has 0 saturated carbocycles. The van der Waals surface area contributed by atoms with Crippen LogP contribution in [0.3, 0.4) is 0 Å². The van der Waals surface area contributed by atoms with E-state index in [4.69, 9.17) is 25.7 Å². The molecule has 0 aromatic heterocycles. The Morgan fingerprint density at radius 1 is 0.508 bits per heavy atom. The van der Waals surface area contributed by atoms with Crippen molar-refractivity contribution < 1.29 is 28.6 Å². The van der Waals surface area contributed by atoms with Crippen molar-refractivity contribution in [2.24, 2.45) is 0 Å². The van der Waals surface area contributed by atoms with Gasteiger partial charge < -0.3 is 25.7 Å². The second-order valence-corrected chi connectivity index (χ2v) is 22.5. The van der Waals surface area contributed by atoms with E-state index in [0.717, 1.165) is 109 Å². The van der Waals surface area contributed by atoms with Crippen LogP contribution in [0.15, 0.2) is 24.3 Å². The molecule has 0 aliphatic carbocycles. The summed E-state index contributed by atoms with van der Waals surface area (Å²) in [4.78, 5) is 38.3. The maximum Gasteiger partial charge on any atom is 0.306 e. The van der Waals surface area contributed by atoms with Gasteiger partial charge in [0.25, 0.3) is 0 Å². The zero-order valence-corrected chi connectivity index (χ0v) is 49.0. The third-order valence-electron chi connectivity index (χ3n) is 10.5. The van der Waals surface area contributed by atoms with Gasteiger partial charge >= 0.3 is 17.9 Å². The lowest BCUT2D eigenvalue weighted by Gasteiger charge is -2.18. The summed E-state index contributed by atoms with van der Waals surface area (Å²) in [7, 11) is 0. The van der Waals surface area contributed by atoms with Crippen LogP contribution in [0.25, 0.3) is 0 Å². The summed E-state index contributed by atoms with van der Waals surface area (Å²) in [6.45, 7) is 2.00. The summed E-state index contributed by atoms with van der Waals surface area (Å²) in [5, 5.41) is 0. The van der Waals surface area contributed by atoms with Gasteiger partial charge in [-0.3, -0.25) is 14.4 Å². The molecular weight excluding hydrogens is 1450 g/mol. The van der Waals surface area contributed by atoms with E-state index in [-0.39, 0.29) is 50.4 Å². The van der Waals surface area contributed by atoms with Crippen molar-refractivity contribution in [3.8, 4) is 0 Å². The predicted molar refractivity (Wildman–Crippen MR) is 303 cm³/mol. The molecule has 2 rings (SSSR count). The lowest BCUT2D eigenvalue weighted by molar-refractivity contribution is -0.167. The molecule has 0 atom stereocenters. The number of carbonyl (C=O) groups is 3. The molecule has 0 fully saturated rings. The Morgan fingerprint density at radius 3 is 1.30 bits per heavy atom. The van der Waals surface area contributed by atoms with Crippen molar-refractivity contribution in [2.45, 2.75) is 180 Å². The lowest BCUT2D eigenvalue weighted by Crippen LogP contribution is -2.30. The molecule has 4 N–H and O–H groups in total. The molecule has 0 aliphatic heterocycles. The van der Waals surface area contributed by atoms with Crippen molar-refractivity contribution in [3.05, 3.63) is 56.8 Å². The first kappa shape index (κ1) is 57.7. The van der Waals surface area contributed by atoms with E-state index in [9.17, 15) is 14.4 Å². The van der Waals surface area contributed by atoms with Gasteiger partial charge in [-0.2, -0.15) is 0 Å². The van der Waals surface area contributed by atoms with Gasteiger partial charge in [0.1, 0.15) is 13.2 Å². The fourth-order valence-electron chi connectivity index (χ4n) is 6.82. The van der Waals surface area contributed by atoms with E-state index in [2.05, 4.69) is 167 Å². The average Bonchev–Trinajstić information content (AvgIpc) is 3.23. The standard InChI is InChI=1S/C47H68I6N2O6/c1-2-3-4-5-6-7-8-9-10-11-12-13-14-15-24-29-43(58)61-34(32-59-41(56)27-22-18-16-20-25-35-37(48)30-39(50)46(54)44(35)52)33-60-42(57)28-23-19-17-21-26-36-38(49)31-40(51)47(55)45(36)53/h9-10,30-31,34H,2-8,11-29,32-33,54-55H2,1H3/b10-9+. The Bertz CT molecular complexity index is 1550. The second kappa shape index (κ2) is 35.7. The number of anilines is 2. The molecule has 8 nitrogen and oxygen atoms in total. The molecular formula is C47H68I6N2O6. The number of benzene rings is 2. The Balaban J connectivity index is 1.72. The topological polar surface area (TPSA) is 131 Å². The molecule has 14 heteroatoms. The number of hydrogen-bond acceptors (Lipinski definition) is 8. The number of halogens is 6. The zero-order valence-electron chi connectivity index (χ0n) is 36.1. The quantitative estimate of drug-likeness (QED) is 0.0177. The number of nitrogen functional groups attached to an aromatic ring is 2. The molecule has 0 radical (unpaired) electrons. The summed E-state index contributed by atoms with van der Waals surface area (Å²) in [5.74, 6) is -1.03. The maximum absolute atomic E-state index is 12.9. The molecule has 2 aromatic carbocycles. The Labute approximate surface area is 449 Å². The summed E-state index contributed by atoms with van der Waals surface area (Å²) in [6.07, 6.45) is 29.3. The number of esters is 3. The van der Waals surface area contributed by atoms with Crippen molar-refractivity contribution in [2.75, 3.05) is 24.7 Å². The van der Waals surface area contributed by atoms with Crippen LogP contribution in [0.5, 0.6) is 0 Å². The van der Waals surface area contributed by atoms with Crippen LogP contribution in [-0.2, 0) is 41.4 Å². The number of carbonyl (C=O) groups excluding carboxylic acids is 3. The highest BCUT2D eigenvalue weighted by atomic mass is 127. The highest BCUT2D eigenvalue weighted by Gasteiger charge is 2.20. The highest BCUT2D eigenvalue weighted by molar-refractivity contribution is 14.1. The van der Waals surface area contributed by atoms with Crippen molar-refractivity contribution >= 4 is 165 Å². The molecule has 0 saturated heterocycles. The van der Waals surface area contributed by atoms with Crippen LogP contribution in [0.2, 0.25) is 0 Å². The third kappa shape index (κ3) is 25.9. The summed E-state index contributed by atoms with van der Waals surface area (Å²) >= 11 is 14.0. The van der Waals surface area contributed by atoms with E-state index < -0.39 is 6.10 Å². The molecule has 0 aliphatic rings. The number of rotatable bonds is 34. The van der Waals surface area contributed by atoms with Crippen molar-refractivity contribution in [1.82, 2.24) is 0 Å². The normalized spacial score (nSPS) is 11.5. The van der Waals surface area contributed by atoms with Crippen LogP contribution in [0, 0.1) is 21.4 Å². The molecule has 2 aromatic rings. The van der Waals surface area contributed by atoms with E-state index in [1.54, 1.807) is 0 Å². The largest absolute Gasteiger partial charge is 0.462 e. The minimum absolute atomic E-state index is 0.129. The second-order valence-electron chi connectivity index (χ2n) is 15.7. The van der Waals surface area contributed by atoms with Gasteiger partial charge in [0, 0.05) is 40.7 Å². The molecule has 61 heavy (non-hydrogen) atoms. The smallest absolute Gasteiger partial charge is 0.306 e. The van der Waals surface area contributed by atoms with E-state index in [1.807, 2.05) is 0 Å². The molecule has 0 spiro atoms. The lowest BCUT2D eigenvalue weighted by atomic mass is 10.0. The van der Waals surface area contributed by atoms with Crippen molar-refractivity contribution in [3.63, 3.8) is 0 Å². The van der Waals surface area contributed by atoms with Crippen LogP contribution in [-0.4, -0.2) is 37.2 Å². The maximum atomic E-state index is 12.9. The minimum atomic E-state index is -0.832. The fourth-order valence-corrected chi connectivity index (χ4v) is 14.6. The third-order valence-corrected chi connectivity index (χ3v) is 16.7. The SMILES string of the molecule is CCCCCCCC/C=C/CCCCCCCC(=O)OC(COC(=O)CCCCCCc1c(I)cc(I)c(N)c1I)COC(=O)CCCCCCc1c(I)cc(I)c(N)c1I. The number of nitrogens with two attached hydrogens (primary N) is 2. The minimum Gasteiger partial charge on any atom is -0.462 e. The first-order valence-electron chi connectivity index (χ1n) is 22.3. The first-order valence-corrected chi connectivity index (χ1v) is 28.8. The number of ether oxygens (including phenoxy) is 3. The predicted octanol–water partition coefficient (Wildman–Crippen LogP) is 15.2. The van der Waals surface area contributed by atoms with Gasteiger partial charge in [-0.25, -0.2) is 0 Å². The van der Waals surface area contributed by atoms with Crippen LogP contribution >= 0.6 is 136 Å². The highest BCUT2D eigenvalue weighted by Crippen LogP contribution is 2.32. The van der Waals surface area contributed by atoms with Gasteiger partial charge in [-0.1, -0.05) is 96.1 Å². The number of unbranched alkanes of at least 4 members (excludes halogenated alkanes) is 17. The van der Waals surface area contributed by atoms with E-state index >= 15 is 0 Å². The first-order chi connectivity index (χ1) is 29.3. The van der Waals surface area contributed by atoms with Crippen molar-refractivity contribution in [1.29, 1.82) is 0 Å². The van der Waals surface area contributed by atoms with Gasteiger partial charge in [-0.05, 0) is 229 Å². The van der Waals surface area contributed by atoms with Gasteiger partial charge in [0.15, 0.2) is 6.10 Å². The van der Waals surface area contributed by atoms with Gasteiger partial charge in [0.05, 0.1) is 11.4 Å². The van der Waals surface area contributed by atoms with Gasteiger partial charge in [0.2, 0.25) is 0 Å². The number of allylic oxidation sites excluding steroid dienone is 2. The Hall–Kier alpha value is 0.570. The van der Waals surface area contributed by atoms with E-state index in [0.29, 0.717) is 12.8 Å². The molecule has 0 unspecified atom stereocenters. The molecule has 344 valence electrons. The monoisotopic (exact) mass is 1520 g/mol. The van der Waals surface area contributed by atoms with Crippen LogP contribution in [0.4, 0.5) is 11.4 Å². The zero-order chi connectivity index (χ0) is 44.8.